The van der Waals surface area contributed by atoms with Crippen molar-refractivity contribution in [2.75, 3.05) is 0 Å². The van der Waals surface area contributed by atoms with Crippen molar-refractivity contribution in [3.63, 3.8) is 0 Å². The van der Waals surface area contributed by atoms with Crippen molar-refractivity contribution >= 4 is 5.91 Å². The van der Waals surface area contributed by atoms with E-state index in [0.29, 0.717) is 5.69 Å². The Kier molecular flexibility index (Phi) is 5.21. The van der Waals surface area contributed by atoms with Crippen LogP contribution in [0.15, 0.2) is 54.6 Å². The standard InChI is InChI=1S/C22H25N5O/c1-15-21(22(28)24-19-11-9-18(23)10-12-19)25-26-27(15)20-13-7-17(8-14-20)16-5-3-2-4-6-16/h2-8,13-14,18-19H,9-12,23H2,1H3,(H,24,28). The lowest BCUT2D eigenvalue weighted by atomic mass is 9.92. The number of amides is 1. The average molecular weight is 375 g/mol. The predicted octanol–water partition coefficient (Wildman–Crippen LogP) is 3.24. The zero-order valence-electron chi connectivity index (χ0n) is 16.0. The van der Waals surface area contributed by atoms with E-state index in [4.69, 9.17) is 5.73 Å². The van der Waals surface area contributed by atoms with Crippen LogP contribution in [-0.4, -0.2) is 33.0 Å². The van der Waals surface area contributed by atoms with E-state index < -0.39 is 0 Å². The van der Waals surface area contributed by atoms with Gasteiger partial charge in [0.25, 0.3) is 5.91 Å². The van der Waals surface area contributed by atoms with Crippen molar-refractivity contribution in [2.45, 2.75) is 44.7 Å². The third-order valence-electron chi connectivity index (χ3n) is 5.44. The number of nitrogens with one attached hydrogen (secondary N) is 1. The minimum absolute atomic E-state index is 0.162. The molecule has 28 heavy (non-hydrogen) atoms. The number of nitrogens with two attached hydrogens (primary N) is 1. The summed E-state index contributed by atoms with van der Waals surface area (Å²) in [4.78, 5) is 12.6. The summed E-state index contributed by atoms with van der Waals surface area (Å²) < 4.78 is 1.71. The molecule has 6 heteroatoms. The van der Waals surface area contributed by atoms with Gasteiger partial charge in [0.1, 0.15) is 0 Å². The highest BCUT2D eigenvalue weighted by atomic mass is 16.2. The van der Waals surface area contributed by atoms with Gasteiger partial charge >= 0.3 is 0 Å². The summed E-state index contributed by atoms with van der Waals surface area (Å²) in [5, 5.41) is 11.4. The molecule has 0 spiro atoms. The number of carbonyl (C=O) groups is 1. The molecule has 1 amide bonds. The van der Waals surface area contributed by atoms with E-state index in [0.717, 1.165) is 48.2 Å². The summed E-state index contributed by atoms with van der Waals surface area (Å²) >= 11 is 0. The molecule has 1 heterocycles. The van der Waals surface area contributed by atoms with Gasteiger partial charge in [-0.15, -0.1) is 5.10 Å². The fourth-order valence-corrected chi connectivity index (χ4v) is 3.73. The lowest BCUT2D eigenvalue weighted by Gasteiger charge is -2.26. The van der Waals surface area contributed by atoms with Gasteiger partial charge in [-0.1, -0.05) is 47.7 Å². The van der Waals surface area contributed by atoms with Crippen molar-refractivity contribution in [3.05, 3.63) is 66.0 Å². The van der Waals surface area contributed by atoms with Gasteiger partial charge < -0.3 is 11.1 Å². The Balaban J connectivity index is 1.49. The SMILES string of the molecule is Cc1c(C(=O)NC2CCC(N)CC2)nnn1-c1ccc(-c2ccccc2)cc1. The zero-order chi connectivity index (χ0) is 19.5. The van der Waals surface area contributed by atoms with E-state index in [1.165, 1.54) is 0 Å². The molecule has 0 radical (unpaired) electrons. The predicted molar refractivity (Wildman–Crippen MR) is 109 cm³/mol. The first-order valence-corrected chi connectivity index (χ1v) is 9.76. The second-order valence-electron chi connectivity index (χ2n) is 7.43. The van der Waals surface area contributed by atoms with Crippen LogP contribution < -0.4 is 11.1 Å². The fraction of sp³-hybridized carbons (Fsp3) is 0.318. The molecule has 4 rings (SSSR count). The first-order valence-electron chi connectivity index (χ1n) is 9.76. The minimum atomic E-state index is -0.162. The molecule has 1 aliphatic carbocycles. The van der Waals surface area contributed by atoms with Gasteiger partial charge in [-0.3, -0.25) is 4.79 Å². The monoisotopic (exact) mass is 375 g/mol. The van der Waals surface area contributed by atoms with Crippen LogP contribution in [0, 0.1) is 6.92 Å². The Morgan fingerprint density at radius 3 is 2.32 bits per heavy atom. The van der Waals surface area contributed by atoms with Gasteiger partial charge in [-0.2, -0.15) is 0 Å². The number of aromatic nitrogens is 3. The molecule has 0 unspecified atom stereocenters. The molecule has 1 fully saturated rings. The smallest absolute Gasteiger partial charge is 0.273 e. The van der Waals surface area contributed by atoms with Crippen LogP contribution >= 0.6 is 0 Å². The highest BCUT2D eigenvalue weighted by Crippen LogP contribution is 2.22. The van der Waals surface area contributed by atoms with E-state index in [2.05, 4.69) is 39.9 Å². The van der Waals surface area contributed by atoms with Crippen LogP contribution in [0.25, 0.3) is 16.8 Å². The van der Waals surface area contributed by atoms with Gasteiger partial charge in [0.05, 0.1) is 11.4 Å². The van der Waals surface area contributed by atoms with E-state index in [9.17, 15) is 4.79 Å². The summed E-state index contributed by atoms with van der Waals surface area (Å²) in [5.74, 6) is -0.162. The van der Waals surface area contributed by atoms with Crippen molar-refractivity contribution in [3.8, 4) is 16.8 Å². The lowest BCUT2D eigenvalue weighted by Crippen LogP contribution is -2.40. The normalized spacial score (nSPS) is 19.4. The van der Waals surface area contributed by atoms with Crippen molar-refractivity contribution < 1.29 is 4.79 Å². The largest absolute Gasteiger partial charge is 0.348 e. The third kappa shape index (κ3) is 3.82. The third-order valence-corrected chi connectivity index (χ3v) is 5.44. The molecule has 0 saturated heterocycles. The molecule has 0 atom stereocenters. The molecule has 3 aromatic rings. The number of rotatable bonds is 4. The maximum absolute atomic E-state index is 12.6. The molecular weight excluding hydrogens is 350 g/mol. The maximum atomic E-state index is 12.6. The molecule has 0 bridgehead atoms. The Hall–Kier alpha value is -2.99. The van der Waals surface area contributed by atoms with Crippen LogP contribution in [-0.2, 0) is 0 Å². The van der Waals surface area contributed by atoms with Crippen LogP contribution in [0.3, 0.4) is 0 Å². The van der Waals surface area contributed by atoms with E-state index in [1.807, 2.05) is 37.3 Å². The van der Waals surface area contributed by atoms with Crippen LogP contribution in [0.4, 0.5) is 0 Å². The number of hydrogen-bond donors (Lipinski definition) is 2. The molecule has 1 saturated carbocycles. The van der Waals surface area contributed by atoms with Gasteiger partial charge in [0.2, 0.25) is 0 Å². The van der Waals surface area contributed by atoms with Crippen molar-refractivity contribution in [1.29, 1.82) is 0 Å². The summed E-state index contributed by atoms with van der Waals surface area (Å²) in [6, 6.07) is 18.7. The highest BCUT2D eigenvalue weighted by molar-refractivity contribution is 5.93. The molecule has 1 aliphatic rings. The van der Waals surface area contributed by atoms with E-state index >= 15 is 0 Å². The van der Waals surface area contributed by atoms with Crippen LogP contribution in [0.5, 0.6) is 0 Å². The Morgan fingerprint density at radius 2 is 1.64 bits per heavy atom. The Bertz CT molecular complexity index is 941. The Morgan fingerprint density at radius 1 is 1.00 bits per heavy atom. The van der Waals surface area contributed by atoms with Gasteiger partial charge in [-0.25, -0.2) is 4.68 Å². The molecule has 0 aliphatic heterocycles. The van der Waals surface area contributed by atoms with E-state index in [-0.39, 0.29) is 18.0 Å². The second-order valence-corrected chi connectivity index (χ2v) is 7.43. The average Bonchev–Trinajstić information content (AvgIpc) is 3.12. The maximum Gasteiger partial charge on any atom is 0.273 e. The first kappa shape index (κ1) is 18.4. The molecule has 144 valence electrons. The van der Waals surface area contributed by atoms with Gasteiger partial charge in [0.15, 0.2) is 5.69 Å². The topological polar surface area (TPSA) is 85.8 Å². The number of benzene rings is 2. The Labute approximate surface area is 164 Å². The van der Waals surface area contributed by atoms with Crippen LogP contribution in [0.2, 0.25) is 0 Å². The number of nitrogens with zero attached hydrogens (tertiary/aromatic N) is 3. The first-order chi connectivity index (χ1) is 13.6. The number of carbonyl (C=O) groups excluding carboxylic acids is 1. The van der Waals surface area contributed by atoms with Gasteiger partial charge in [0, 0.05) is 12.1 Å². The quantitative estimate of drug-likeness (QED) is 0.733. The van der Waals surface area contributed by atoms with E-state index in [1.54, 1.807) is 4.68 Å². The number of hydrogen-bond acceptors (Lipinski definition) is 4. The molecule has 2 aromatic carbocycles. The van der Waals surface area contributed by atoms with Crippen molar-refractivity contribution in [2.24, 2.45) is 5.73 Å². The summed E-state index contributed by atoms with van der Waals surface area (Å²) in [5.41, 5.74) is 10.2. The molecule has 6 nitrogen and oxygen atoms in total. The molecular formula is C22H25N5O. The van der Waals surface area contributed by atoms with Crippen molar-refractivity contribution in [1.82, 2.24) is 20.3 Å². The van der Waals surface area contributed by atoms with Gasteiger partial charge in [-0.05, 0) is 55.9 Å². The zero-order valence-corrected chi connectivity index (χ0v) is 16.0. The molecule has 3 N–H and O–H groups in total. The van der Waals surface area contributed by atoms with Crippen LogP contribution in [0.1, 0.15) is 41.9 Å². The minimum Gasteiger partial charge on any atom is -0.348 e. The summed E-state index contributed by atoms with van der Waals surface area (Å²) in [7, 11) is 0. The second kappa shape index (κ2) is 7.94. The highest BCUT2D eigenvalue weighted by Gasteiger charge is 2.23. The fourth-order valence-electron chi connectivity index (χ4n) is 3.73. The lowest BCUT2D eigenvalue weighted by molar-refractivity contribution is 0.0920. The summed E-state index contributed by atoms with van der Waals surface area (Å²) in [6.45, 7) is 1.87. The molecule has 1 aromatic heterocycles. The summed E-state index contributed by atoms with van der Waals surface area (Å²) in [6.07, 6.45) is 3.73.